The van der Waals surface area contributed by atoms with Crippen molar-refractivity contribution in [2.24, 2.45) is 0 Å². The number of hydrogen-bond donors (Lipinski definition) is 4. The van der Waals surface area contributed by atoms with Crippen LogP contribution in [0.4, 0.5) is 11.4 Å². The van der Waals surface area contributed by atoms with Crippen molar-refractivity contribution in [3.63, 3.8) is 0 Å². The number of quaternary nitrogens is 1. The van der Waals surface area contributed by atoms with E-state index in [0.29, 0.717) is 17.7 Å². The molecule has 0 fully saturated rings. The largest absolute Gasteiger partial charge is 0.481 e. The fourth-order valence-electron chi connectivity index (χ4n) is 4.96. The standard InChI is InChI=1S/C30H40N2O8S3/c1-6-7-17-31-25-13-11-21(42(35,36)37)19-23(25)29(2,3)16-9-8-10-27-30(4,5)24-20-22(43(38,39)40)12-14-26(24)32(41-27)18-15-28(33)34/h8-14,19-20,31H,6-7,15-18H2,1-5H3,(H,33,34)(H,35,36,37)(H,38,39,40)/p+1/b9-8+,27-10+. The molecule has 1 heterocycles. The molecule has 0 spiro atoms. The van der Waals surface area contributed by atoms with Crippen molar-refractivity contribution in [1.82, 2.24) is 0 Å². The average molecular weight is 654 g/mol. The zero-order valence-corrected chi connectivity index (χ0v) is 27.5. The Morgan fingerprint density at radius 2 is 1.67 bits per heavy atom. The summed E-state index contributed by atoms with van der Waals surface area (Å²) < 4.78 is 68.7. The molecule has 0 aliphatic carbocycles. The smallest absolute Gasteiger partial charge is 0.305 e. The van der Waals surface area contributed by atoms with E-state index < -0.39 is 37.0 Å². The first-order valence-electron chi connectivity index (χ1n) is 14.0. The van der Waals surface area contributed by atoms with E-state index in [1.807, 2.05) is 50.2 Å². The quantitative estimate of drug-likeness (QED) is 0.0977. The summed E-state index contributed by atoms with van der Waals surface area (Å²) in [5.74, 6) is -0.960. The molecule has 0 unspecified atom stereocenters. The van der Waals surface area contributed by atoms with Crippen LogP contribution in [0.15, 0.2) is 69.3 Å². The summed E-state index contributed by atoms with van der Waals surface area (Å²) in [4.78, 5) is 11.8. The van der Waals surface area contributed by atoms with E-state index in [9.17, 15) is 35.8 Å². The topological polar surface area (TPSA) is 166 Å². The summed E-state index contributed by atoms with van der Waals surface area (Å²) in [6.45, 7) is 11.0. The van der Waals surface area contributed by atoms with Gasteiger partial charge in [-0.1, -0.05) is 59.3 Å². The maximum atomic E-state index is 11.9. The van der Waals surface area contributed by atoms with E-state index in [1.54, 1.807) is 12.1 Å². The van der Waals surface area contributed by atoms with Gasteiger partial charge in [-0.2, -0.15) is 16.8 Å². The van der Waals surface area contributed by atoms with E-state index in [1.165, 1.54) is 36.2 Å². The molecule has 0 amide bonds. The molecule has 0 saturated heterocycles. The Bertz CT molecular complexity index is 1630. The number of unbranched alkanes of at least 4 members (excludes halogenated alkanes) is 1. The summed E-state index contributed by atoms with van der Waals surface area (Å²) >= 11 is 1.38. The van der Waals surface area contributed by atoms with Crippen LogP contribution < -0.4 is 9.62 Å². The van der Waals surface area contributed by atoms with Gasteiger partial charge in [-0.3, -0.25) is 13.9 Å². The molecule has 43 heavy (non-hydrogen) atoms. The monoisotopic (exact) mass is 653 g/mol. The van der Waals surface area contributed by atoms with Crippen LogP contribution in [0.2, 0.25) is 0 Å². The number of nitrogens with zero attached hydrogens (tertiary/aromatic N) is 1. The highest BCUT2D eigenvalue weighted by atomic mass is 32.2. The molecule has 0 radical (unpaired) electrons. The Hall–Kier alpha value is -2.68. The molecule has 0 bridgehead atoms. The molecule has 5 N–H and O–H groups in total. The zero-order chi connectivity index (χ0) is 32.2. The fourth-order valence-corrected chi connectivity index (χ4v) is 7.13. The third-order valence-electron chi connectivity index (χ3n) is 7.55. The summed E-state index contributed by atoms with van der Waals surface area (Å²) in [5, 5.41) is 11.4. The number of carboxylic acids is 1. The van der Waals surface area contributed by atoms with Crippen LogP contribution in [0.3, 0.4) is 0 Å². The predicted octanol–water partition coefficient (Wildman–Crippen LogP) is 5.20. The number of aliphatic carboxylic acids is 1. The molecule has 0 saturated carbocycles. The first kappa shape index (κ1) is 34.8. The highest BCUT2D eigenvalue weighted by Gasteiger charge is 2.37. The maximum Gasteiger partial charge on any atom is 0.305 e. The minimum Gasteiger partial charge on any atom is -0.481 e. The van der Waals surface area contributed by atoms with E-state index in [-0.39, 0.29) is 22.8 Å². The Labute approximate surface area is 258 Å². The molecule has 2 aromatic rings. The average Bonchev–Trinajstić information content (AvgIpc) is 2.90. The van der Waals surface area contributed by atoms with Crippen molar-refractivity contribution in [3.05, 3.63) is 70.7 Å². The van der Waals surface area contributed by atoms with Gasteiger partial charge in [0, 0.05) is 28.5 Å². The molecule has 236 valence electrons. The van der Waals surface area contributed by atoms with Gasteiger partial charge in [-0.15, -0.1) is 0 Å². The Balaban J connectivity index is 1.96. The number of carbonyl (C=O) groups is 1. The first-order valence-corrected chi connectivity index (χ1v) is 17.6. The van der Waals surface area contributed by atoms with Crippen molar-refractivity contribution in [2.45, 2.75) is 80.9 Å². The zero-order valence-electron chi connectivity index (χ0n) is 25.1. The number of nitrogens with two attached hydrogens (primary N) is 1. The highest BCUT2D eigenvalue weighted by molar-refractivity contribution is 8.04. The summed E-state index contributed by atoms with van der Waals surface area (Å²) in [6.07, 6.45) is 8.19. The SMILES string of the molecule is CCCC[NH2+]c1ccc(S(=O)(=O)O)cc1C(C)(C)C/C=C/C=C1/SN(CCC(=O)O)c2ccc(S(=O)(=O)O)cc2C1(C)C. The molecular formula is C30H41N2O8S3+. The minimum atomic E-state index is -4.44. The minimum absolute atomic E-state index is 0.121. The van der Waals surface area contributed by atoms with Crippen LogP contribution in [-0.4, -0.2) is 50.1 Å². The molecular weight excluding hydrogens is 613 g/mol. The fraction of sp³-hybridized carbons (Fsp3) is 0.433. The predicted molar refractivity (Wildman–Crippen MR) is 169 cm³/mol. The molecule has 0 aromatic heterocycles. The van der Waals surface area contributed by atoms with Gasteiger partial charge >= 0.3 is 5.97 Å². The van der Waals surface area contributed by atoms with E-state index >= 15 is 0 Å². The third kappa shape index (κ3) is 8.70. The first-order chi connectivity index (χ1) is 19.9. The van der Waals surface area contributed by atoms with Crippen molar-refractivity contribution < 1.29 is 41.2 Å². The van der Waals surface area contributed by atoms with Gasteiger partial charge < -0.3 is 14.7 Å². The Morgan fingerprint density at radius 3 is 2.28 bits per heavy atom. The van der Waals surface area contributed by atoms with Crippen molar-refractivity contribution in [2.75, 3.05) is 17.4 Å². The molecule has 10 nitrogen and oxygen atoms in total. The number of benzene rings is 2. The number of fused-ring (bicyclic) bond motifs is 1. The number of rotatable bonds is 13. The number of carboxylic acid groups (broad SMARTS) is 1. The second kappa shape index (κ2) is 13.5. The van der Waals surface area contributed by atoms with Crippen LogP contribution in [0.5, 0.6) is 0 Å². The lowest BCUT2D eigenvalue weighted by Gasteiger charge is -2.41. The van der Waals surface area contributed by atoms with Gasteiger partial charge in [0.05, 0.1) is 28.4 Å². The maximum absolute atomic E-state index is 11.9. The molecule has 13 heteroatoms. The van der Waals surface area contributed by atoms with Gasteiger partial charge in [0.15, 0.2) is 0 Å². The number of allylic oxidation sites excluding steroid dienone is 4. The van der Waals surface area contributed by atoms with E-state index in [4.69, 9.17) is 0 Å². The third-order valence-corrected chi connectivity index (χ3v) is 10.7. The summed E-state index contributed by atoms with van der Waals surface area (Å²) in [6, 6.07) is 8.99. The van der Waals surface area contributed by atoms with Crippen LogP contribution in [0.1, 0.15) is 71.4 Å². The lowest BCUT2D eigenvalue weighted by Crippen LogP contribution is -2.78. The van der Waals surface area contributed by atoms with Gasteiger partial charge in [0.1, 0.15) is 5.69 Å². The van der Waals surface area contributed by atoms with Crippen molar-refractivity contribution in [3.8, 4) is 0 Å². The van der Waals surface area contributed by atoms with E-state index in [2.05, 4.69) is 12.2 Å². The molecule has 1 aliphatic heterocycles. The second-order valence-corrected chi connectivity index (χ2v) is 15.6. The highest BCUT2D eigenvalue weighted by Crippen LogP contribution is 2.51. The second-order valence-electron chi connectivity index (χ2n) is 11.7. The van der Waals surface area contributed by atoms with Crippen LogP contribution in [0.25, 0.3) is 0 Å². The molecule has 0 atom stereocenters. The van der Waals surface area contributed by atoms with Gasteiger partial charge in [0.2, 0.25) is 0 Å². The van der Waals surface area contributed by atoms with Crippen LogP contribution in [-0.2, 0) is 35.9 Å². The van der Waals surface area contributed by atoms with Crippen molar-refractivity contribution in [1.29, 1.82) is 0 Å². The van der Waals surface area contributed by atoms with Crippen LogP contribution in [0, 0.1) is 0 Å². The number of hydrogen-bond acceptors (Lipinski definition) is 7. The van der Waals surface area contributed by atoms with Crippen LogP contribution >= 0.6 is 11.9 Å². The van der Waals surface area contributed by atoms with Gasteiger partial charge in [0.25, 0.3) is 20.2 Å². The van der Waals surface area contributed by atoms with Crippen molar-refractivity contribution >= 4 is 49.5 Å². The summed E-state index contributed by atoms with van der Waals surface area (Å²) in [7, 11) is -8.81. The normalized spacial score (nSPS) is 16.5. The van der Waals surface area contributed by atoms with Gasteiger partial charge in [-0.05, 0) is 66.1 Å². The lowest BCUT2D eigenvalue weighted by molar-refractivity contribution is -0.572. The molecule has 2 aromatic carbocycles. The lowest BCUT2D eigenvalue weighted by atomic mass is 9.80. The molecule has 3 rings (SSSR count). The van der Waals surface area contributed by atoms with Gasteiger partial charge in [-0.25, -0.2) is 0 Å². The Kier molecular flexibility index (Phi) is 11.0. The van der Waals surface area contributed by atoms with E-state index in [0.717, 1.165) is 35.5 Å². The molecule has 1 aliphatic rings. The Morgan fingerprint density at radius 1 is 1.05 bits per heavy atom. The number of anilines is 1. The summed E-state index contributed by atoms with van der Waals surface area (Å²) in [5.41, 5.74) is 1.88.